The molecule has 1 amide bonds. The fourth-order valence-electron chi connectivity index (χ4n) is 3.46. The molecule has 0 spiro atoms. The maximum atomic E-state index is 12.9. The van der Waals surface area contributed by atoms with Crippen LogP contribution < -0.4 is 14.8 Å². The Morgan fingerprint density at radius 2 is 1.94 bits per heavy atom. The Bertz CT molecular complexity index is 1040. The summed E-state index contributed by atoms with van der Waals surface area (Å²) in [6.07, 6.45) is 3.64. The van der Waals surface area contributed by atoms with E-state index < -0.39 is 0 Å². The van der Waals surface area contributed by atoms with E-state index >= 15 is 0 Å². The molecule has 0 radical (unpaired) electrons. The number of aromatic nitrogens is 1. The summed E-state index contributed by atoms with van der Waals surface area (Å²) in [4.78, 5) is 16.6. The molecule has 0 saturated heterocycles. The number of thiazole rings is 1. The van der Waals surface area contributed by atoms with E-state index in [2.05, 4.69) is 10.7 Å². The number of halogens is 1. The van der Waals surface area contributed by atoms with Crippen LogP contribution in [0.2, 0.25) is 0 Å². The van der Waals surface area contributed by atoms with E-state index in [1.807, 2.05) is 24.3 Å². The molecule has 1 aliphatic heterocycles. The van der Waals surface area contributed by atoms with Crippen LogP contribution in [0, 0.1) is 5.82 Å². The number of fused-ring (bicyclic) bond motifs is 1. The summed E-state index contributed by atoms with van der Waals surface area (Å²) in [6, 6.07) is 13.7. The number of hydrogen-bond acceptors (Lipinski definition) is 6. The van der Waals surface area contributed by atoms with E-state index in [-0.39, 0.29) is 31.0 Å². The fraction of sp³-hybridized carbons (Fsp3) is 0.360. The molecule has 1 N–H and O–H groups in total. The van der Waals surface area contributed by atoms with Crippen LogP contribution in [0.1, 0.15) is 41.6 Å². The van der Waals surface area contributed by atoms with Gasteiger partial charge in [0.25, 0.3) is 0 Å². The first kappa shape index (κ1) is 23.2. The molecule has 2 heterocycles. The number of ether oxygens (including phenoxy) is 3. The number of para-hydroxylation sites is 2. The van der Waals surface area contributed by atoms with E-state index in [0.717, 1.165) is 53.4 Å². The minimum atomic E-state index is -0.286. The molecule has 0 saturated carbocycles. The molecule has 1 aliphatic rings. The Balaban J connectivity index is 1.07. The van der Waals surface area contributed by atoms with Gasteiger partial charge in [-0.15, -0.1) is 11.3 Å². The lowest BCUT2D eigenvalue weighted by Gasteiger charge is -2.24. The molecule has 1 unspecified atom stereocenters. The zero-order chi connectivity index (χ0) is 22.9. The summed E-state index contributed by atoms with van der Waals surface area (Å²) in [5.74, 6) is 1.11. The van der Waals surface area contributed by atoms with Crippen molar-refractivity contribution < 1.29 is 23.4 Å². The number of amides is 1. The number of benzene rings is 2. The highest BCUT2D eigenvalue weighted by Crippen LogP contribution is 2.36. The monoisotopic (exact) mass is 470 g/mol. The van der Waals surface area contributed by atoms with Crippen molar-refractivity contribution >= 4 is 17.2 Å². The van der Waals surface area contributed by atoms with Gasteiger partial charge in [-0.2, -0.15) is 0 Å². The molecule has 1 atom stereocenters. The molecule has 174 valence electrons. The van der Waals surface area contributed by atoms with Crippen LogP contribution in [-0.2, 0) is 22.6 Å². The maximum Gasteiger partial charge on any atom is 0.246 e. The van der Waals surface area contributed by atoms with Gasteiger partial charge < -0.3 is 19.5 Å². The lowest BCUT2D eigenvalue weighted by molar-refractivity contribution is -0.126. The van der Waals surface area contributed by atoms with Gasteiger partial charge in [0, 0.05) is 11.9 Å². The van der Waals surface area contributed by atoms with Gasteiger partial charge in [0.05, 0.1) is 12.3 Å². The van der Waals surface area contributed by atoms with E-state index in [0.29, 0.717) is 13.2 Å². The first-order valence-electron chi connectivity index (χ1n) is 11.1. The number of unbranched alkanes of at least 4 members (excludes halogenated alkanes) is 2. The van der Waals surface area contributed by atoms with Crippen molar-refractivity contribution in [2.24, 2.45) is 0 Å². The number of nitrogens with one attached hydrogen (secondary N) is 1. The van der Waals surface area contributed by atoms with Crippen molar-refractivity contribution in [3.8, 4) is 11.5 Å². The number of aryl methyl sites for hydroxylation is 1. The topological polar surface area (TPSA) is 69.7 Å². The van der Waals surface area contributed by atoms with Crippen LogP contribution in [0.3, 0.4) is 0 Å². The van der Waals surface area contributed by atoms with Crippen LogP contribution >= 0.6 is 11.3 Å². The van der Waals surface area contributed by atoms with Gasteiger partial charge in [-0.1, -0.05) is 30.7 Å². The average molecular weight is 471 g/mol. The second-order valence-electron chi connectivity index (χ2n) is 7.82. The SMILES string of the molecule is O=C(COCc1ccc(F)cc1)NCCCCCc1csc(C2COc3ccccc3O2)n1. The number of carbonyl (C=O) groups is 1. The predicted octanol–water partition coefficient (Wildman–Crippen LogP) is 4.84. The quantitative estimate of drug-likeness (QED) is 0.406. The average Bonchev–Trinajstić information content (AvgIpc) is 3.31. The Morgan fingerprint density at radius 1 is 1.12 bits per heavy atom. The Morgan fingerprint density at radius 3 is 2.79 bits per heavy atom. The number of nitrogens with zero attached hydrogens (tertiary/aromatic N) is 1. The molecule has 33 heavy (non-hydrogen) atoms. The second kappa shape index (κ2) is 11.8. The first-order chi connectivity index (χ1) is 16.2. The molecular weight excluding hydrogens is 443 g/mol. The summed E-state index contributed by atoms with van der Waals surface area (Å²) in [5.41, 5.74) is 1.90. The Labute approximate surface area is 196 Å². The van der Waals surface area contributed by atoms with Crippen molar-refractivity contribution in [1.82, 2.24) is 10.3 Å². The standard InChI is InChI=1S/C25H27FN2O4S/c26-19-11-9-18(10-12-19)14-30-16-24(29)27-13-5-1-2-6-20-17-33-25(28-20)23-15-31-21-7-3-4-8-22(21)32-23/h3-4,7-12,17,23H,1-2,5-6,13-16H2,(H,27,29). The molecule has 2 aromatic carbocycles. The van der Waals surface area contributed by atoms with Crippen molar-refractivity contribution in [2.75, 3.05) is 19.8 Å². The molecule has 8 heteroatoms. The van der Waals surface area contributed by atoms with Crippen LogP contribution in [0.5, 0.6) is 11.5 Å². The molecular formula is C25H27FN2O4S. The minimum Gasteiger partial charge on any atom is -0.485 e. The molecule has 6 nitrogen and oxygen atoms in total. The molecule has 1 aromatic heterocycles. The third-order valence-corrected chi connectivity index (χ3v) is 6.19. The highest BCUT2D eigenvalue weighted by molar-refractivity contribution is 7.09. The molecule has 3 aromatic rings. The van der Waals surface area contributed by atoms with E-state index in [4.69, 9.17) is 19.2 Å². The number of carbonyl (C=O) groups excluding carboxylic acids is 1. The maximum absolute atomic E-state index is 12.9. The third-order valence-electron chi connectivity index (χ3n) is 5.20. The second-order valence-corrected chi connectivity index (χ2v) is 8.71. The zero-order valence-electron chi connectivity index (χ0n) is 18.3. The Hall–Kier alpha value is -2.97. The summed E-state index contributed by atoms with van der Waals surface area (Å²) in [5, 5.41) is 5.88. The summed E-state index contributed by atoms with van der Waals surface area (Å²) in [6.45, 7) is 1.37. The number of hydrogen-bond donors (Lipinski definition) is 1. The van der Waals surface area contributed by atoms with E-state index in [1.165, 1.54) is 12.1 Å². The van der Waals surface area contributed by atoms with Crippen molar-refractivity contribution in [3.05, 3.63) is 76.0 Å². The highest BCUT2D eigenvalue weighted by atomic mass is 32.1. The lowest BCUT2D eigenvalue weighted by atomic mass is 10.1. The number of rotatable bonds is 11. The molecule has 4 rings (SSSR count). The molecule has 0 fully saturated rings. The zero-order valence-corrected chi connectivity index (χ0v) is 19.1. The summed E-state index contributed by atoms with van der Waals surface area (Å²) < 4.78 is 30.0. The normalized spacial score (nSPS) is 14.8. The van der Waals surface area contributed by atoms with E-state index in [9.17, 15) is 9.18 Å². The highest BCUT2D eigenvalue weighted by Gasteiger charge is 2.24. The van der Waals surface area contributed by atoms with Gasteiger partial charge in [0.2, 0.25) is 5.91 Å². The first-order valence-corrected chi connectivity index (χ1v) is 12.0. The molecule has 0 aliphatic carbocycles. The van der Waals surface area contributed by atoms with Gasteiger partial charge in [-0.25, -0.2) is 9.37 Å². The Kier molecular flexibility index (Phi) is 8.27. The van der Waals surface area contributed by atoms with E-state index in [1.54, 1.807) is 23.5 Å². The van der Waals surface area contributed by atoms with Gasteiger partial charge in [0.1, 0.15) is 24.0 Å². The van der Waals surface area contributed by atoms with Crippen LogP contribution in [0.25, 0.3) is 0 Å². The smallest absolute Gasteiger partial charge is 0.246 e. The molecule has 0 bridgehead atoms. The third kappa shape index (κ3) is 7.00. The van der Waals surface area contributed by atoms with Crippen molar-refractivity contribution in [2.45, 2.75) is 38.4 Å². The summed E-state index contributed by atoms with van der Waals surface area (Å²) in [7, 11) is 0. The van der Waals surface area contributed by atoms with Crippen LogP contribution in [-0.4, -0.2) is 30.6 Å². The fourth-order valence-corrected chi connectivity index (χ4v) is 4.32. The van der Waals surface area contributed by atoms with Crippen molar-refractivity contribution in [3.63, 3.8) is 0 Å². The largest absolute Gasteiger partial charge is 0.485 e. The van der Waals surface area contributed by atoms with Crippen LogP contribution in [0.4, 0.5) is 4.39 Å². The van der Waals surface area contributed by atoms with Gasteiger partial charge in [-0.3, -0.25) is 4.79 Å². The van der Waals surface area contributed by atoms with Crippen LogP contribution in [0.15, 0.2) is 53.9 Å². The van der Waals surface area contributed by atoms with Gasteiger partial charge in [-0.05, 0) is 49.1 Å². The predicted molar refractivity (Wildman–Crippen MR) is 124 cm³/mol. The summed E-state index contributed by atoms with van der Waals surface area (Å²) >= 11 is 1.60. The minimum absolute atomic E-state index is 0.00357. The van der Waals surface area contributed by atoms with Crippen molar-refractivity contribution in [1.29, 1.82) is 0 Å². The lowest BCUT2D eigenvalue weighted by Crippen LogP contribution is -2.28. The van der Waals surface area contributed by atoms with Gasteiger partial charge >= 0.3 is 0 Å². The van der Waals surface area contributed by atoms with Gasteiger partial charge in [0.15, 0.2) is 17.6 Å².